The lowest BCUT2D eigenvalue weighted by molar-refractivity contribution is -0.134. The van der Waals surface area contributed by atoms with Crippen LogP contribution in [-0.4, -0.2) is 25.8 Å². The zero-order chi connectivity index (χ0) is 18.2. The average molecular weight is 346 g/mol. The Morgan fingerprint density at radius 2 is 1.77 bits per heavy atom. The van der Waals surface area contributed by atoms with Crippen LogP contribution in [0.3, 0.4) is 0 Å². The molecule has 1 unspecified atom stereocenters. The molecule has 2 heterocycles. The van der Waals surface area contributed by atoms with Gasteiger partial charge in [-0.1, -0.05) is 30.3 Å². The van der Waals surface area contributed by atoms with Crippen LogP contribution in [0.15, 0.2) is 73.4 Å². The second-order valence-corrected chi connectivity index (χ2v) is 6.16. The van der Waals surface area contributed by atoms with E-state index in [-0.39, 0.29) is 11.9 Å². The number of carbonyl (C=O) groups is 1. The molecule has 0 saturated carbocycles. The highest BCUT2D eigenvalue weighted by Crippen LogP contribution is 2.23. The van der Waals surface area contributed by atoms with E-state index in [0.717, 1.165) is 16.8 Å². The first-order valence-electron chi connectivity index (χ1n) is 8.72. The standard InChI is InChI=1S/C21H22N4O/c1-17(19-5-3-2-4-6-19)25(16-18-9-11-22-12-10-18)21(26)8-7-20-15-23-13-14-24-20/h2-6,9-15,17H,7-8,16H2,1H3. The molecule has 1 amide bonds. The third kappa shape index (κ3) is 4.72. The number of hydrogen-bond acceptors (Lipinski definition) is 4. The van der Waals surface area contributed by atoms with Crippen LogP contribution in [0.1, 0.15) is 36.2 Å². The number of nitrogens with zero attached hydrogens (tertiary/aromatic N) is 4. The van der Waals surface area contributed by atoms with Crippen molar-refractivity contribution in [1.29, 1.82) is 0 Å². The van der Waals surface area contributed by atoms with E-state index < -0.39 is 0 Å². The monoisotopic (exact) mass is 346 g/mol. The molecule has 132 valence electrons. The fourth-order valence-corrected chi connectivity index (χ4v) is 2.88. The summed E-state index contributed by atoms with van der Waals surface area (Å²) in [5.41, 5.74) is 3.02. The van der Waals surface area contributed by atoms with Crippen LogP contribution in [0, 0.1) is 0 Å². The van der Waals surface area contributed by atoms with Gasteiger partial charge >= 0.3 is 0 Å². The summed E-state index contributed by atoms with van der Waals surface area (Å²) >= 11 is 0. The summed E-state index contributed by atoms with van der Waals surface area (Å²) in [6.07, 6.45) is 9.50. The van der Waals surface area contributed by atoms with Crippen LogP contribution >= 0.6 is 0 Å². The van der Waals surface area contributed by atoms with Crippen molar-refractivity contribution in [3.8, 4) is 0 Å². The molecule has 5 heteroatoms. The maximum atomic E-state index is 13.0. The fraction of sp³-hybridized carbons (Fsp3) is 0.238. The lowest BCUT2D eigenvalue weighted by Crippen LogP contribution is -2.33. The summed E-state index contributed by atoms with van der Waals surface area (Å²) in [6, 6.07) is 14.0. The third-order valence-electron chi connectivity index (χ3n) is 4.38. The van der Waals surface area contributed by atoms with Gasteiger partial charge in [-0.2, -0.15) is 0 Å². The van der Waals surface area contributed by atoms with Crippen molar-refractivity contribution in [2.24, 2.45) is 0 Å². The van der Waals surface area contributed by atoms with Crippen LogP contribution in [0.5, 0.6) is 0 Å². The van der Waals surface area contributed by atoms with Gasteiger partial charge in [-0.3, -0.25) is 19.7 Å². The molecule has 0 fully saturated rings. The normalized spacial score (nSPS) is 11.7. The number of rotatable bonds is 7. The molecule has 1 aromatic carbocycles. The molecular formula is C21H22N4O. The largest absolute Gasteiger partial charge is 0.332 e. The molecule has 0 saturated heterocycles. The first-order valence-corrected chi connectivity index (χ1v) is 8.72. The minimum atomic E-state index is -0.0151. The number of aromatic nitrogens is 3. The second kappa shape index (κ2) is 8.85. The lowest BCUT2D eigenvalue weighted by atomic mass is 10.0. The molecular weight excluding hydrogens is 324 g/mol. The third-order valence-corrected chi connectivity index (χ3v) is 4.38. The molecule has 1 atom stereocenters. The number of amides is 1. The quantitative estimate of drug-likeness (QED) is 0.656. The van der Waals surface area contributed by atoms with Gasteiger partial charge in [0.1, 0.15) is 0 Å². The Hall–Kier alpha value is -3.08. The maximum absolute atomic E-state index is 13.0. The molecule has 0 bridgehead atoms. The van der Waals surface area contributed by atoms with Crippen LogP contribution in [0.25, 0.3) is 0 Å². The highest BCUT2D eigenvalue weighted by molar-refractivity contribution is 5.77. The number of benzene rings is 1. The average Bonchev–Trinajstić information content (AvgIpc) is 2.72. The van der Waals surface area contributed by atoms with E-state index in [0.29, 0.717) is 19.4 Å². The number of hydrogen-bond donors (Lipinski definition) is 0. The van der Waals surface area contributed by atoms with Crippen molar-refractivity contribution < 1.29 is 4.79 Å². The highest BCUT2D eigenvalue weighted by atomic mass is 16.2. The SMILES string of the molecule is CC(c1ccccc1)N(Cc1ccncc1)C(=O)CCc1cnccn1. The van der Waals surface area contributed by atoms with Gasteiger partial charge in [0.05, 0.1) is 11.7 Å². The van der Waals surface area contributed by atoms with E-state index in [2.05, 4.69) is 34.0 Å². The van der Waals surface area contributed by atoms with Crippen molar-refractivity contribution in [2.45, 2.75) is 32.4 Å². The molecule has 0 N–H and O–H groups in total. The Balaban J connectivity index is 1.76. The molecule has 2 aromatic heterocycles. The summed E-state index contributed by atoms with van der Waals surface area (Å²) in [5.74, 6) is 0.101. The van der Waals surface area contributed by atoms with Crippen LogP contribution in [0.4, 0.5) is 0 Å². The zero-order valence-electron chi connectivity index (χ0n) is 14.8. The Bertz CT molecular complexity index is 809. The maximum Gasteiger partial charge on any atom is 0.223 e. The number of pyridine rings is 1. The summed E-state index contributed by atoms with van der Waals surface area (Å²) in [7, 11) is 0. The summed E-state index contributed by atoms with van der Waals surface area (Å²) in [5, 5.41) is 0. The molecule has 0 spiro atoms. The number of aryl methyl sites for hydroxylation is 1. The Morgan fingerprint density at radius 1 is 1.00 bits per heavy atom. The van der Waals surface area contributed by atoms with E-state index in [4.69, 9.17) is 0 Å². The minimum absolute atomic E-state index is 0.0151. The molecule has 26 heavy (non-hydrogen) atoms. The van der Waals surface area contributed by atoms with Crippen molar-refractivity contribution >= 4 is 5.91 Å². The smallest absolute Gasteiger partial charge is 0.223 e. The van der Waals surface area contributed by atoms with Gasteiger partial charge < -0.3 is 4.90 Å². The molecule has 0 aliphatic heterocycles. The van der Waals surface area contributed by atoms with Gasteiger partial charge in [-0.15, -0.1) is 0 Å². The Morgan fingerprint density at radius 3 is 2.46 bits per heavy atom. The van der Waals surface area contributed by atoms with Crippen molar-refractivity contribution in [2.75, 3.05) is 0 Å². The van der Waals surface area contributed by atoms with Gasteiger partial charge in [0, 0.05) is 43.9 Å². The van der Waals surface area contributed by atoms with Crippen LogP contribution < -0.4 is 0 Å². The summed E-state index contributed by atoms with van der Waals surface area (Å²) < 4.78 is 0. The topological polar surface area (TPSA) is 59.0 Å². The fourth-order valence-electron chi connectivity index (χ4n) is 2.88. The van der Waals surface area contributed by atoms with E-state index in [9.17, 15) is 4.79 Å². The first kappa shape index (κ1) is 17.7. The van der Waals surface area contributed by atoms with Crippen molar-refractivity contribution in [3.05, 3.63) is 90.3 Å². The van der Waals surface area contributed by atoms with Crippen molar-refractivity contribution in [3.63, 3.8) is 0 Å². The minimum Gasteiger partial charge on any atom is -0.332 e. The van der Waals surface area contributed by atoms with E-state index >= 15 is 0 Å². The molecule has 0 aliphatic carbocycles. The van der Waals surface area contributed by atoms with Gasteiger partial charge in [0.2, 0.25) is 5.91 Å². The summed E-state index contributed by atoms with van der Waals surface area (Å²) in [4.78, 5) is 27.3. The highest BCUT2D eigenvalue weighted by Gasteiger charge is 2.21. The Labute approximate surface area is 153 Å². The van der Waals surface area contributed by atoms with E-state index in [1.807, 2.05) is 35.2 Å². The van der Waals surface area contributed by atoms with Gasteiger partial charge in [0.25, 0.3) is 0 Å². The van der Waals surface area contributed by atoms with Gasteiger partial charge in [-0.25, -0.2) is 0 Å². The molecule has 3 rings (SSSR count). The predicted molar refractivity (Wildman–Crippen MR) is 100.0 cm³/mol. The summed E-state index contributed by atoms with van der Waals surface area (Å²) in [6.45, 7) is 2.62. The van der Waals surface area contributed by atoms with E-state index in [1.54, 1.807) is 31.0 Å². The number of carbonyl (C=O) groups excluding carboxylic acids is 1. The molecule has 3 aromatic rings. The second-order valence-electron chi connectivity index (χ2n) is 6.16. The van der Waals surface area contributed by atoms with Gasteiger partial charge in [0.15, 0.2) is 0 Å². The predicted octanol–water partition coefficient (Wildman–Crippen LogP) is 3.59. The molecule has 0 radical (unpaired) electrons. The molecule has 5 nitrogen and oxygen atoms in total. The Kier molecular flexibility index (Phi) is 6.04. The van der Waals surface area contributed by atoms with Crippen LogP contribution in [-0.2, 0) is 17.8 Å². The first-order chi connectivity index (χ1) is 12.7. The van der Waals surface area contributed by atoms with Crippen molar-refractivity contribution in [1.82, 2.24) is 19.9 Å². The molecule has 0 aliphatic rings. The lowest BCUT2D eigenvalue weighted by Gasteiger charge is -2.30. The van der Waals surface area contributed by atoms with Gasteiger partial charge in [-0.05, 0) is 36.6 Å². The van der Waals surface area contributed by atoms with Crippen LogP contribution in [0.2, 0.25) is 0 Å². The van der Waals surface area contributed by atoms with E-state index in [1.165, 1.54) is 0 Å². The zero-order valence-corrected chi connectivity index (χ0v) is 14.8.